The van der Waals surface area contributed by atoms with E-state index in [-0.39, 0.29) is 11.9 Å². The van der Waals surface area contributed by atoms with Crippen LogP contribution in [0.5, 0.6) is 0 Å². The lowest BCUT2D eigenvalue weighted by atomic mass is 10.2. The molecule has 1 amide bonds. The second-order valence-electron chi connectivity index (χ2n) is 5.89. The molecule has 1 atom stereocenters. The standard InChI is InChI=1S/C17H28N4O2/c1-3-23-13-7-17(22)19-15(2)14-20-9-11-21(12-10-20)16-6-4-5-8-18-16/h4-6,8,15H,3,7,9-14H2,1-2H3,(H,19,22)/t15-/m0/s1. The van der Waals surface area contributed by atoms with E-state index >= 15 is 0 Å². The fraction of sp³-hybridized carbons (Fsp3) is 0.647. The van der Waals surface area contributed by atoms with Crippen molar-refractivity contribution in [3.8, 4) is 0 Å². The van der Waals surface area contributed by atoms with Crippen LogP contribution in [-0.2, 0) is 9.53 Å². The molecule has 1 aromatic heterocycles. The smallest absolute Gasteiger partial charge is 0.222 e. The number of aromatic nitrogens is 1. The van der Waals surface area contributed by atoms with Gasteiger partial charge in [-0.3, -0.25) is 9.69 Å². The van der Waals surface area contributed by atoms with Gasteiger partial charge in [-0.05, 0) is 26.0 Å². The van der Waals surface area contributed by atoms with Gasteiger partial charge in [0.25, 0.3) is 0 Å². The minimum Gasteiger partial charge on any atom is -0.381 e. The molecule has 23 heavy (non-hydrogen) atoms. The van der Waals surface area contributed by atoms with Gasteiger partial charge in [0.15, 0.2) is 0 Å². The number of rotatable bonds is 8. The molecule has 0 bridgehead atoms. The van der Waals surface area contributed by atoms with Crippen LogP contribution in [0.1, 0.15) is 20.3 Å². The average molecular weight is 320 g/mol. The molecule has 1 aliphatic rings. The van der Waals surface area contributed by atoms with E-state index in [2.05, 4.69) is 33.1 Å². The van der Waals surface area contributed by atoms with Crippen LogP contribution >= 0.6 is 0 Å². The lowest BCUT2D eigenvalue weighted by Crippen LogP contribution is -2.51. The number of pyridine rings is 1. The van der Waals surface area contributed by atoms with Crippen molar-refractivity contribution in [3.05, 3.63) is 24.4 Å². The van der Waals surface area contributed by atoms with Gasteiger partial charge in [-0.15, -0.1) is 0 Å². The van der Waals surface area contributed by atoms with E-state index in [0.717, 1.165) is 38.5 Å². The van der Waals surface area contributed by atoms with Gasteiger partial charge in [0.1, 0.15) is 5.82 Å². The summed E-state index contributed by atoms with van der Waals surface area (Å²) < 4.78 is 5.21. The fourth-order valence-corrected chi connectivity index (χ4v) is 2.79. The van der Waals surface area contributed by atoms with Crippen LogP contribution in [0.2, 0.25) is 0 Å². The number of nitrogens with one attached hydrogen (secondary N) is 1. The SMILES string of the molecule is CCOCCC(=O)N[C@@H](C)CN1CCN(c2ccccn2)CC1. The summed E-state index contributed by atoms with van der Waals surface area (Å²) in [5.41, 5.74) is 0. The average Bonchev–Trinajstić information content (AvgIpc) is 2.56. The number of hydrogen-bond donors (Lipinski definition) is 1. The first kappa shape index (κ1) is 17.7. The zero-order valence-corrected chi connectivity index (χ0v) is 14.2. The van der Waals surface area contributed by atoms with Crippen LogP contribution in [0.3, 0.4) is 0 Å². The summed E-state index contributed by atoms with van der Waals surface area (Å²) in [6.07, 6.45) is 2.27. The van der Waals surface area contributed by atoms with Crippen LogP contribution < -0.4 is 10.2 Å². The highest BCUT2D eigenvalue weighted by molar-refractivity contribution is 5.76. The van der Waals surface area contributed by atoms with Crippen LogP contribution in [-0.4, -0.2) is 67.8 Å². The number of hydrogen-bond acceptors (Lipinski definition) is 5. The largest absolute Gasteiger partial charge is 0.381 e. The molecule has 6 nitrogen and oxygen atoms in total. The number of piperazine rings is 1. The molecule has 0 unspecified atom stereocenters. The quantitative estimate of drug-likeness (QED) is 0.728. The lowest BCUT2D eigenvalue weighted by molar-refractivity contribution is -0.122. The van der Waals surface area contributed by atoms with Crippen molar-refractivity contribution >= 4 is 11.7 Å². The van der Waals surface area contributed by atoms with Crippen molar-refractivity contribution in [2.75, 3.05) is 50.8 Å². The Bertz CT molecular complexity index is 461. The predicted octanol–water partition coefficient (Wildman–Crippen LogP) is 1.13. The molecule has 0 aromatic carbocycles. The lowest BCUT2D eigenvalue weighted by Gasteiger charge is -2.36. The van der Waals surface area contributed by atoms with Crippen molar-refractivity contribution in [2.45, 2.75) is 26.3 Å². The summed E-state index contributed by atoms with van der Waals surface area (Å²) in [5.74, 6) is 1.11. The van der Waals surface area contributed by atoms with E-state index in [0.29, 0.717) is 19.6 Å². The van der Waals surface area contributed by atoms with E-state index in [9.17, 15) is 4.79 Å². The highest BCUT2D eigenvalue weighted by Crippen LogP contribution is 2.12. The first-order valence-electron chi connectivity index (χ1n) is 8.44. The van der Waals surface area contributed by atoms with Gasteiger partial charge in [-0.25, -0.2) is 4.98 Å². The van der Waals surface area contributed by atoms with Gasteiger partial charge < -0.3 is 15.0 Å². The Kier molecular flexibility index (Phi) is 7.29. The second kappa shape index (κ2) is 9.47. The van der Waals surface area contributed by atoms with E-state index in [4.69, 9.17) is 4.74 Å². The first-order valence-corrected chi connectivity index (χ1v) is 8.44. The number of nitrogens with zero attached hydrogens (tertiary/aromatic N) is 3. The molecule has 0 spiro atoms. The molecule has 1 fully saturated rings. The van der Waals surface area contributed by atoms with E-state index in [1.807, 2.05) is 25.3 Å². The summed E-state index contributed by atoms with van der Waals surface area (Å²) >= 11 is 0. The van der Waals surface area contributed by atoms with Crippen LogP contribution in [0, 0.1) is 0 Å². The van der Waals surface area contributed by atoms with Crippen molar-refractivity contribution < 1.29 is 9.53 Å². The summed E-state index contributed by atoms with van der Waals surface area (Å²) in [6, 6.07) is 6.17. The molecule has 128 valence electrons. The maximum atomic E-state index is 11.8. The van der Waals surface area contributed by atoms with Crippen molar-refractivity contribution in [1.82, 2.24) is 15.2 Å². The summed E-state index contributed by atoms with van der Waals surface area (Å²) in [7, 11) is 0. The van der Waals surface area contributed by atoms with Gasteiger partial charge in [-0.1, -0.05) is 6.07 Å². The Labute approximate surface area is 138 Å². The summed E-state index contributed by atoms with van der Waals surface area (Å²) in [4.78, 5) is 20.9. The van der Waals surface area contributed by atoms with Crippen molar-refractivity contribution in [2.24, 2.45) is 0 Å². The van der Waals surface area contributed by atoms with Gasteiger partial charge in [-0.2, -0.15) is 0 Å². The number of ether oxygens (including phenoxy) is 1. The molecular weight excluding hydrogens is 292 g/mol. The number of anilines is 1. The molecule has 1 N–H and O–H groups in total. The van der Waals surface area contributed by atoms with Gasteiger partial charge >= 0.3 is 0 Å². The highest BCUT2D eigenvalue weighted by Gasteiger charge is 2.19. The first-order chi connectivity index (χ1) is 11.2. The molecule has 1 saturated heterocycles. The molecule has 6 heteroatoms. The van der Waals surface area contributed by atoms with Gasteiger partial charge in [0.2, 0.25) is 5.91 Å². The maximum Gasteiger partial charge on any atom is 0.222 e. The van der Waals surface area contributed by atoms with E-state index < -0.39 is 0 Å². The minimum atomic E-state index is 0.0677. The molecule has 2 rings (SSSR count). The molecule has 0 saturated carbocycles. The maximum absolute atomic E-state index is 11.8. The Morgan fingerprint density at radius 3 is 2.78 bits per heavy atom. The zero-order valence-electron chi connectivity index (χ0n) is 14.2. The monoisotopic (exact) mass is 320 g/mol. The topological polar surface area (TPSA) is 57.7 Å². The van der Waals surface area contributed by atoms with Crippen LogP contribution in [0.15, 0.2) is 24.4 Å². The molecule has 0 aliphatic carbocycles. The van der Waals surface area contributed by atoms with Gasteiger partial charge in [0.05, 0.1) is 6.61 Å². The normalized spacial score (nSPS) is 17.0. The molecule has 1 aromatic rings. The number of carbonyl (C=O) groups is 1. The minimum absolute atomic E-state index is 0.0677. The predicted molar refractivity (Wildman–Crippen MR) is 91.6 cm³/mol. The third-order valence-electron chi connectivity index (χ3n) is 3.96. The summed E-state index contributed by atoms with van der Waals surface area (Å²) in [5, 5.41) is 3.04. The molecular formula is C17H28N4O2. The zero-order chi connectivity index (χ0) is 16.5. The van der Waals surface area contributed by atoms with Crippen molar-refractivity contribution in [3.63, 3.8) is 0 Å². The van der Waals surface area contributed by atoms with Crippen LogP contribution in [0.4, 0.5) is 5.82 Å². The van der Waals surface area contributed by atoms with Crippen LogP contribution in [0.25, 0.3) is 0 Å². The number of carbonyl (C=O) groups excluding carboxylic acids is 1. The number of amides is 1. The second-order valence-corrected chi connectivity index (χ2v) is 5.89. The van der Waals surface area contributed by atoms with Crippen molar-refractivity contribution in [1.29, 1.82) is 0 Å². The Morgan fingerprint density at radius 2 is 2.13 bits per heavy atom. The summed E-state index contributed by atoms with van der Waals surface area (Å²) in [6.45, 7) is 9.97. The Morgan fingerprint density at radius 1 is 1.35 bits per heavy atom. The molecule has 1 aliphatic heterocycles. The fourth-order valence-electron chi connectivity index (χ4n) is 2.79. The third-order valence-corrected chi connectivity index (χ3v) is 3.96. The van der Waals surface area contributed by atoms with E-state index in [1.165, 1.54) is 0 Å². The molecule has 0 radical (unpaired) electrons. The Hall–Kier alpha value is -1.66. The third kappa shape index (κ3) is 6.15. The highest BCUT2D eigenvalue weighted by atomic mass is 16.5. The van der Waals surface area contributed by atoms with E-state index in [1.54, 1.807) is 0 Å². The van der Waals surface area contributed by atoms with Gasteiger partial charge in [0, 0.05) is 58.0 Å². The molecule has 2 heterocycles. The Balaban J connectivity index is 1.66.